The first-order valence-electron chi connectivity index (χ1n) is 4.68. The van der Waals surface area contributed by atoms with E-state index in [1.54, 1.807) is 0 Å². The van der Waals surface area contributed by atoms with E-state index in [0.717, 1.165) is 6.07 Å². The molecule has 100 valence electrons. The second-order valence-electron chi connectivity index (χ2n) is 3.51. The van der Waals surface area contributed by atoms with Gasteiger partial charge < -0.3 is 0 Å². The molecule has 19 heavy (non-hydrogen) atoms. The summed E-state index contributed by atoms with van der Waals surface area (Å²) in [5, 5.41) is 17.1. The molecule has 0 aliphatic heterocycles. The lowest BCUT2D eigenvalue weighted by atomic mass is 9.99. The summed E-state index contributed by atoms with van der Waals surface area (Å²) in [6.07, 6.45) is -9.69. The van der Waals surface area contributed by atoms with Crippen LogP contribution in [0.4, 0.5) is 26.3 Å². The van der Waals surface area contributed by atoms with Crippen LogP contribution >= 0.6 is 0 Å². The highest BCUT2D eigenvalue weighted by Crippen LogP contribution is 2.46. The molecule has 0 radical (unpaired) electrons. The van der Waals surface area contributed by atoms with Crippen molar-refractivity contribution in [1.82, 2.24) is 0 Å². The highest BCUT2D eigenvalue weighted by Gasteiger charge is 2.63. The first-order chi connectivity index (χ1) is 8.65. The van der Waals surface area contributed by atoms with E-state index < -0.39 is 29.4 Å². The molecule has 1 aromatic rings. The maximum atomic E-state index is 13.3. The van der Waals surface area contributed by atoms with Crippen LogP contribution in [0.5, 0.6) is 0 Å². The summed E-state index contributed by atoms with van der Waals surface area (Å²) in [5.74, 6) is -5.58. The van der Waals surface area contributed by atoms with Gasteiger partial charge in [0.15, 0.2) is 6.17 Å². The molecule has 2 nitrogen and oxygen atoms in total. The Bertz CT molecular complexity index is 564. The van der Waals surface area contributed by atoms with Crippen LogP contribution in [0, 0.1) is 22.7 Å². The molecule has 0 fully saturated rings. The van der Waals surface area contributed by atoms with Crippen LogP contribution in [0.1, 0.15) is 22.9 Å². The molecule has 1 aromatic carbocycles. The second-order valence-corrected chi connectivity index (χ2v) is 3.51. The summed E-state index contributed by atoms with van der Waals surface area (Å²) in [6, 6.07) is 4.87. The van der Waals surface area contributed by atoms with Crippen molar-refractivity contribution >= 4 is 0 Å². The van der Waals surface area contributed by atoms with Gasteiger partial charge in [0.1, 0.15) is 12.1 Å². The summed E-state index contributed by atoms with van der Waals surface area (Å²) < 4.78 is 74.8. The minimum atomic E-state index is -6.05. The van der Waals surface area contributed by atoms with E-state index in [9.17, 15) is 26.3 Å². The third-order valence-electron chi connectivity index (χ3n) is 2.27. The predicted molar refractivity (Wildman–Crippen MR) is 50.7 cm³/mol. The Hall–Kier alpha value is -2.22. The largest absolute Gasteiger partial charge is 0.456 e. The zero-order valence-electron chi connectivity index (χ0n) is 8.97. The van der Waals surface area contributed by atoms with Crippen LogP contribution in [0.15, 0.2) is 18.2 Å². The van der Waals surface area contributed by atoms with Gasteiger partial charge in [-0.2, -0.15) is 32.5 Å². The van der Waals surface area contributed by atoms with Gasteiger partial charge in [0.25, 0.3) is 0 Å². The van der Waals surface area contributed by atoms with Crippen LogP contribution in [-0.2, 0) is 0 Å². The van der Waals surface area contributed by atoms with Gasteiger partial charge in [0, 0.05) is 0 Å². The lowest BCUT2D eigenvalue weighted by Crippen LogP contribution is -2.40. The van der Waals surface area contributed by atoms with E-state index in [4.69, 9.17) is 10.5 Å². The molecule has 0 aliphatic rings. The van der Waals surface area contributed by atoms with Crippen molar-refractivity contribution in [3.63, 3.8) is 0 Å². The fourth-order valence-corrected chi connectivity index (χ4v) is 1.26. The molecule has 0 saturated carbocycles. The first-order valence-corrected chi connectivity index (χ1v) is 4.68. The molecule has 8 heteroatoms. The lowest BCUT2D eigenvalue weighted by molar-refractivity contribution is -0.305. The van der Waals surface area contributed by atoms with Gasteiger partial charge in [-0.05, 0) is 17.7 Å². The Labute approximate surface area is 103 Å². The van der Waals surface area contributed by atoms with Gasteiger partial charge in [-0.15, -0.1) is 0 Å². The Morgan fingerprint density at radius 2 is 1.47 bits per heavy atom. The summed E-state index contributed by atoms with van der Waals surface area (Å²) in [7, 11) is 0. The molecule has 0 amide bonds. The standard InChI is InChI=1S/C11H4F6N2/c12-9(10(13,14)11(15,16)17)6-1-2-7(4-18)8(3-6)5-19/h1-3,9H. The number of nitrogens with zero attached hydrogens (tertiary/aromatic N) is 2. The van der Waals surface area contributed by atoms with Crippen LogP contribution in [-0.4, -0.2) is 12.1 Å². The minimum absolute atomic E-state index is 0.242. The topological polar surface area (TPSA) is 47.6 Å². The molecular weight excluding hydrogens is 274 g/mol. The average molecular weight is 278 g/mol. The van der Waals surface area contributed by atoms with Gasteiger partial charge in [0.05, 0.1) is 11.1 Å². The van der Waals surface area contributed by atoms with Gasteiger partial charge in [-0.1, -0.05) is 6.07 Å². The Morgan fingerprint density at radius 3 is 1.89 bits per heavy atom. The van der Waals surface area contributed by atoms with E-state index in [0.29, 0.717) is 12.1 Å². The molecule has 0 aliphatic carbocycles. The molecule has 0 aromatic heterocycles. The van der Waals surface area contributed by atoms with Gasteiger partial charge in [-0.25, -0.2) is 4.39 Å². The predicted octanol–water partition coefficient (Wildman–Crippen LogP) is 3.64. The maximum Gasteiger partial charge on any atom is 0.456 e. The van der Waals surface area contributed by atoms with Crippen LogP contribution in [0.3, 0.4) is 0 Å². The summed E-state index contributed by atoms with van der Waals surface area (Å²) in [5.41, 5.74) is -1.73. The van der Waals surface area contributed by atoms with E-state index in [2.05, 4.69) is 0 Å². The Morgan fingerprint density at radius 1 is 0.947 bits per heavy atom. The number of hydrogen-bond acceptors (Lipinski definition) is 2. The molecule has 1 atom stereocenters. The highest BCUT2D eigenvalue weighted by molar-refractivity contribution is 5.48. The molecule has 0 N–H and O–H groups in total. The fraction of sp³-hybridized carbons (Fsp3) is 0.273. The summed E-state index contributed by atoms with van der Waals surface area (Å²) in [4.78, 5) is 0. The third-order valence-corrected chi connectivity index (χ3v) is 2.27. The quantitative estimate of drug-likeness (QED) is 0.775. The number of hydrogen-bond donors (Lipinski definition) is 0. The molecule has 0 bridgehead atoms. The average Bonchev–Trinajstić information content (AvgIpc) is 2.35. The zero-order chi connectivity index (χ0) is 14.8. The van der Waals surface area contributed by atoms with E-state index in [1.165, 1.54) is 12.1 Å². The fourth-order valence-electron chi connectivity index (χ4n) is 1.26. The van der Waals surface area contributed by atoms with E-state index >= 15 is 0 Å². The summed E-state index contributed by atoms with van der Waals surface area (Å²) >= 11 is 0. The third kappa shape index (κ3) is 2.63. The lowest BCUT2D eigenvalue weighted by Gasteiger charge is -2.23. The number of nitriles is 2. The number of halogens is 6. The maximum absolute atomic E-state index is 13.3. The highest BCUT2D eigenvalue weighted by atomic mass is 19.4. The van der Waals surface area contributed by atoms with Crippen molar-refractivity contribution in [1.29, 1.82) is 10.5 Å². The van der Waals surface area contributed by atoms with Gasteiger partial charge in [-0.3, -0.25) is 0 Å². The molecule has 0 saturated heterocycles. The SMILES string of the molecule is N#Cc1ccc(C(F)C(F)(F)C(F)(F)F)cc1C#N. The molecule has 0 spiro atoms. The molecule has 0 heterocycles. The Balaban J connectivity index is 3.27. The van der Waals surface area contributed by atoms with Crippen molar-refractivity contribution < 1.29 is 26.3 Å². The van der Waals surface area contributed by atoms with Crippen LogP contribution < -0.4 is 0 Å². The van der Waals surface area contributed by atoms with Gasteiger partial charge in [0.2, 0.25) is 0 Å². The zero-order valence-corrected chi connectivity index (χ0v) is 8.97. The number of alkyl halides is 6. The van der Waals surface area contributed by atoms with E-state index in [1.807, 2.05) is 0 Å². The smallest absolute Gasteiger partial charge is 0.235 e. The van der Waals surface area contributed by atoms with Crippen LogP contribution in [0.2, 0.25) is 0 Å². The minimum Gasteiger partial charge on any atom is -0.235 e. The van der Waals surface area contributed by atoms with Crippen molar-refractivity contribution in [3.05, 3.63) is 34.9 Å². The number of rotatable bonds is 2. The van der Waals surface area contributed by atoms with E-state index in [-0.39, 0.29) is 5.56 Å². The summed E-state index contributed by atoms with van der Waals surface area (Å²) in [6.45, 7) is 0. The molecule has 1 unspecified atom stereocenters. The van der Waals surface area contributed by atoms with Crippen molar-refractivity contribution in [2.45, 2.75) is 18.3 Å². The van der Waals surface area contributed by atoms with Gasteiger partial charge >= 0.3 is 12.1 Å². The Kier molecular flexibility index (Phi) is 3.75. The van der Waals surface area contributed by atoms with Crippen molar-refractivity contribution in [2.75, 3.05) is 0 Å². The first kappa shape index (κ1) is 14.8. The number of benzene rings is 1. The second kappa shape index (κ2) is 4.81. The van der Waals surface area contributed by atoms with Crippen LogP contribution in [0.25, 0.3) is 0 Å². The van der Waals surface area contributed by atoms with Crippen molar-refractivity contribution in [3.8, 4) is 12.1 Å². The molecular formula is C11H4F6N2. The normalized spacial score (nSPS) is 13.5. The van der Waals surface area contributed by atoms with Crippen molar-refractivity contribution in [2.24, 2.45) is 0 Å². The molecule has 1 rings (SSSR count). The monoisotopic (exact) mass is 278 g/mol.